The van der Waals surface area contributed by atoms with Gasteiger partial charge in [-0.2, -0.15) is 0 Å². The van der Waals surface area contributed by atoms with Crippen LogP contribution in [0.15, 0.2) is 59.5 Å². The number of thioether (sulfide) groups is 1. The van der Waals surface area contributed by atoms with Crippen LogP contribution in [0.4, 0.5) is 0 Å². The van der Waals surface area contributed by atoms with Crippen LogP contribution in [0.25, 0.3) is 0 Å². The van der Waals surface area contributed by atoms with Gasteiger partial charge < -0.3 is 0 Å². The fourth-order valence-electron chi connectivity index (χ4n) is 1.62. The lowest BCUT2D eigenvalue weighted by molar-refractivity contribution is 0.0953. The summed E-state index contributed by atoms with van der Waals surface area (Å²) >= 11 is 1.69. The van der Waals surface area contributed by atoms with Crippen molar-refractivity contribution >= 4 is 17.7 Å². The molecule has 0 atom stereocenters. The van der Waals surface area contributed by atoms with E-state index < -0.39 is 0 Å². The molecule has 0 heterocycles. The van der Waals surface area contributed by atoms with E-state index in [0.717, 1.165) is 11.3 Å². The molecule has 0 radical (unpaired) electrons. The average molecular weight is 258 g/mol. The first-order valence-corrected chi connectivity index (χ1v) is 6.56. The van der Waals surface area contributed by atoms with E-state index in [2.05, 4.69) is 17.6 Å². The number of carbonyl (C=O) groups excluding carboxylic acids is 1. The molecular weight excluding hydrogens is 244 g/mol. The van der Waals surface area contributed by atoms with Crippen molar-refractivity contribution in [3.63, 3.8) is 0 Å². The first-order valence-electron chi connectivity index (χ1n) is 5.58. The quantitative estimate of drug-likeness (QED) is 0.383. The molecule has 0 spiro atoms. The van der Waals surface area contributed by atoms with Crippen molar-refractivity contribution in [1.29, 1.82) is 0 Å². The molecule has 0 saturated heterocycles. The summed E-state index contributed by atoms with van der Waals surface area (Å²) < 4.78 is 0. The van der Waals surface area contributed by atoms with Crippen LogP contribution < -0.4 is 11.3 Å². The average Bonchev–Trinajstić information content (AvgIpc) is 2.45. The topological polar surface area (TPSA) is 55.1 Å². The van der Waals surface area contributed by atoms with E-state index in [1.807, 2.05) is 36.4 Å². The highest BCUT2D eigenvalue weighted by Gasteiger charge is 2.09. The molecule has 0 aromatic heterocycles. The van der Waals surface area contributed by atoms with Gasteiger partial charge in [0.15, 0.2) is 0 Å². The van der Waals surface area contributed by atoms with Crippen LogP contribution in [0.5, 0.6) is 0 Å². The van der Waals surface area contributed by atoms with Gasteiger partial charge in [-0.15, -0.1) is 11.8 Å². The predicted molar refractivity (Wildman–Crippen MR) is 74.1 cm³/mol. The molecule has 3 N–H and O–H groups in total. The standard InChI is InChI=1S/C14H14N2OS/c15-16-14(17)13-9-5-4-6-11(13)10-18-12-7-2-1-3-8-12/h1-9H,10,15H2,(H,16,17). The smallest absolute Gasteiger partial charge is 0.265 e. The van der Waals surface area contributed by atoms with Gasteiger partial charge >= 0.3 is 0 Å². The van der Waals surface area contributed by atoms with Gasteiger partial charge in [-0.3, -0.25) is 10.2 Å². The van der Waals surface area contributed by atoms with Gasteiger partial charge in [-0.25, -0.2) is 5.84 Å². The van der Waals surface area contributed by atoms with Crippen LogP contribution in [0.1, 0.15) is 15.9 Å². The summed E-state index contributed by atoms with van der Waals surface area (Å²) in [5, 5.41) is 0. The van der Waals surface area contributed by atoms with Crippen LogP contribution in [0.2, 0.25) is 0 Å². The van der Waals surface area contributed by atoms with Crippen LogP contribution in [-0.4, -0.2) is 5.91 Å². The zero-order chi connectivity index (χ0) is 12.8. The van der Waals surface area contributed by atoms with Crippen molar-refractivity contribution in [3.8, 4) is 0 Å². The molecule has 92 valence electrons. The lowest BCUT2D eigenvalue weighted by Crippen LogP contribution is -2.30. The number of benzene rings is 2. The van der Waals surface area contributed by atoms with Crippen molar-refractivity contribution < 1.29 is 4.79 Å². The zero-order valence-corrected chi connectivity index (χ0v) is 10.6. The van der Waals surface area contributed by atoms with E-state index in [0.29, 0.717) is 5.56 Å². The summed E-state index contributed by atoms with van der Waals surface area (Å²) in [7, 11) is 0. The van der Waals surface area contributed by atoms with Gasteiger partial charge in [0.25, 0.3) is 5.91 Å². The Hall–Kier alpha value is -1.78. The second-order valence-corrected chi connectivity index (χ2v) is 4.78. The van der Waals surface area contributed by atoms with Crippen molar-refractivity contribution in [2.24, 2.45) is 5.84 Å². The van der Waals surface area contributed by atoms with Crippen LogP contribution in [-0.2, 0) is 5.75 Å². The first-order chi connectivity index (χ1) is 8.81. The number of carbonyl (C=O) groups is 1. The predicted octanol–water partition coefficient (Wildman–Crippen LogP) is 2.58. The largest absolute Gasteiger partial charge is 0.290 e. The maximum absolute atomic E-state index is 11.6. The van der Waals surface area contributed by atoms with E-state index in [-0.39, 0.29) is 5.91 Å². The Kier molecular flexibility index (Phi) is 4.39. The number of nitrogens with two attached hydrogens (primary N) is 1. The summed E-state index contributed by atoms with van der Waals surface area (Å²) in [6, 6.07) is 17.6. The van der Waals surface area contributed by atoms with Crippen molar-refractivity contribution in [3.05, 3.63) is 65.7 Å². The third kappa shape index (κ3) is 3.12. The third-order valence-corrected chi connectivity index (χ3v) is 3.59. The summed E-state index contributed by atoms with van der Waals surface area (Å²) in [6.07, 6.45) is 0. The highest BCUT2D eigenvalue weighted by atomic mass is 32.2. The number of rotatable bonds is 4. The fraction of sp³-hybridized carbons (Fsp3) is 0.0714. The Bertz CT molecular complexity index is 528. The second-order valence-electron chi connectivity index (χ2n) is 3.73. The van der Waals surface area contributed by atoms with E-state index in [1.165, 1.54) is 4.90 Å². The molecule has 2 aromatic rings. The number of nitrogens with one attached hydrogen (secondary N) is 1. The van der Waals surface area contributed by atoms with Crippen LogP contribution in [0, 0.1) is 0 Å². The molecule has 0 aliphatic carbocycles. The Morgan fingerprint density at radius 2 is 1.72 bits per heavy atom. The summed E-state index contributed by atoms with van der Waals surface area (Å²) in [5.41, 5.74) is 3.78. The summed E-state index contributed by atoms with van der Waals surface area (Å²) in [5.74, 6) is 5.67. The maximum atomic E-state index is 11.6. The molecule has 0 bridgehead atoms. The third-order valence-electron chi connectivity index (χ3n) is 2.53. The van der Waals surface area contributed by atoms with Gasteiger partial charge in [0.1, 0.15) is 0 Å². The van der Waals surface area contributed by atoms with Crippen molar-refractivity contribution in [2.75, 3.05) is 0 Å². The lowest BCUT2D eigenvalue weighted by atomic mass is 10.1. The highest BCUT2D eigenvalue weighted by molar-refractivity contribution is 7.98. The maximum Gasteiger partial charge on any atom is 0.265 e. The Labute approximate surface area is 110 Å². The molecule has 0 aliphatic heterocycles. The molecule has 0 aliphatic rings. The van der Waals surface area contributed by atoms with Gasteiger partial charge in [0.2, 0.25) is 0 Å². The van der Waals surface area contributed by atoms with Gasteiger partial charge in [-0.1, -0.05) is 36.4 Å². The molecule has 3 nitrogen and oxygen atoms in total. The van der Waals surface area contributed by atoms with Gasteiger partial charge in [0, 0.05) is 16.2 Å². The van der Waals surface area contributed by atoms with Crippen molar-refractivity contribution in [1.82, 2.24) is 5.43 Å². The number of hydrazine groups is 1. The van der Waals surface area contributed by atoms with E-state index in [4.69, 9.17) is 5.84 Å². The highest BCUT2D eigenvalue weighted by Crippen LogP contribution is 2.23. The van der Waals surface area contributed by atoms with Gasteiger partial charge in [0.05, 0.1) is 0 Å². The summed E-state index contributed by atoms with van der Waals surface area (Å²) in [4.78, 5) is 12.8. The molecular formula is C14H14N2OS. The number of hydrogen-bond acceptors (Lipinski definition) is 3. The molecule has 0 unspecified atom stereocenters. The second kappa shape index (κ2) is 6.23. The van der Waals surface area contributed by atoms with Crippen LogP contribution >= 0.6 is 11.8 Å². The molecule has 2 aromatic carbocycles. The Balaban J connectivity index is 2.12. The number of nitrogen functional groups attached to an aromatic ring is 1. The Morgan fingerprint density at radius 3 is 2.44 bits per heavy atom. The van der Waals surface area contributed by atoms with Gasteiger partial charge in [-0.05, 0) is 23.8 Å². The van der Waals surface area contributed by atoms with Crippen LogP contribution in [0.3, 0.4) is 0 Å². The Morgan fingerprint density at radius 1 is 1.06 bits per heavy atom. The van der Waals surface area contributed by atoms with E-state index in [1.54, 1.807) is 17.8 Å². The minimum absolute atomic E-state index is 0.251. The molecule has 18 heavy (non-hydrogen) atoms. The molecule has 2 rings (SSSR count). The molecule has 4 heteroatoms. The molecule has 1 amide bonds. The fourth-order valence-corrected chi connectivity index (χ4v) is 2.55. The first kappa shape index (κ1) is 12.7. The monoisotopic (exact) mass is 258 g/mol. The molecule has 0 fully saturated rings. The normalized spacial score (nSPS) is 10.1. The zero-order valence-electron chi connectivity index (χ0n) is 9.80. The number of amides is 1. The minimum Gasteiger partial charge on any atom is -0.290 e. The van der Waals surface area contributed by atoms with E-state index >= 15 is 0 Å². The lowest BCUT2D eigenvalue weighted by Gasteiger charge is -2.07. The minimum atomic E-state index is -0.251. The molecule has 0 saturated carbocycles. The van der Waals surface area contributed by atoms with Crippen molar-refractivity contribution in [2.45, 2.75) is 10.6 Å². The van der Waals surface area contributed by atoms with E-state index in [9.17, 15) is 4.79 Å². The SMILES string of the molecule is NNC(=O)c1ccccc1CSc1ccccc1. The number of hydrogen-bond donors (Lipinski definition) is 2. The summed E-state index contributed by atoms with van der Waals surface area (Å²) in [6.45, 7) is 0.